The Kier molecular flexibility index (Phi) is 7.88. The Bertz CT molecular complexity index is 1100. The first kappa shape index (κ1) is 25.3. The van der Waals surface area contributed by atoms with E-state index in [0.29, 0.717) is 6.42 Å². The van der Waals surface area contributed by atoms with Crippen LogP contribution in [0, 0.1) is 5.92 Å². The topological polar surface area (TPSA) is 40.5 Å². The molecule has 1 aliphatic rings. The van der Waals surface area contributed by atoms with Gasteiger partial charge < -0.3 is 10.0 Å². The van der Waals surface area contributed by atoms with E-state index in [1.54, 1.807) is 0 Å². The van der Waals surface area contributed by atoms with Crippen molar-refractivity contribution in [3.05, 3.63) is 107 Å². The SMILES string of the molecule is CC(C)(C)c1ccccc1C(O)(c1ccccc1)C1CCN(CCCC(=O)c2ccccc2)CC1. The van der Waals surface area contributed by atoms with Gasteiger partial charge >= 0.3 is 0 Å². The van der Waals surface area contributed by atoms with Gasteiger partial charge in [-0.1, -0.05) is 106 Å². The average Bonchev–Trinajstić information content (AvgIpc) is 2.89. The van der Waals surface area contributed by atoms with Gasteiger partial charge in [0.2, 0.25) is 0 Å². The number of likely N-dealkylation sites (tertiary alicyclic amines) is 1. The smallest absolute Gasteiger partial charge is 0.162 e. The lowest BCUT2D eigenvalue weighted by Crippen LogP contribution is -2.45. The lowest BCUT2D eigenvalue weighted by Gasteiger charge is -2.44. The predicted molar refractivity (Wildman–Crippen MR) is 144 cm³/mol. The number of nitrogens with zero attached hydrogens (tertiary/aromatic N) is 1. The maximum atomic E-state index is 12.5. The third kappa shape index (κ3) is 5.74. The van der Waals surface area contributed by atoms with Crippen LogP contribution in [-0.2, 0) is 11.0 Å². The Morgan fingerprint density at radius 2 is 1.37 bits per heavy atom. The van der Waals surface area contributed by atoms with Gasteiger partial charge in [0, 0.05) is 12.0 Å². The van der Waals surface area contributed by atoms with Crippen molar-refractivity contribution in [1.82, 2.24) is 4.90 Å². The van der Waals surface area contributed by atoms with Crippen LogP contribution >= 0.6 is 0 Å². The van der Waals surface area contributed by atoms with Gasteiger partial charge in [-0.25, -0.2) is 0 Å². The molecule has 0 bridgehead atoms. The zero-order valence-electron chi connectivity index (χ0n) is 21.4. The molecule has 1 fully saturated rings. The van der Waals surface area contributed by atoms with E-state index in [2.05, 4.69) is 62.1 Å². The largest absolute Gasteiger partial charge is 0.380 e. The van der Waals surface area contributed by atoms with Gasteiger partial charge in [0.05, 0.1) is 0 Å². The first-order valence-electron chi connectivity index (χ1n) is 13.0. The molecule has 1 N–H and O–H groups in total. The summed E-state index contributed by atoms with van der Waals surface area (Å²) in [7, 11) is 0. The second-order valence-electron chi connectivity index (χ2n) is 10.9. The number of piperidine rings is 1. The summed E-state index contributed by atoms with van der Waals surface area (Å²) in [5.74, 6) is 0.355. The number of ketones is 1. The van der Waals surface area contributed by atoms with E-state index < -0.39 is 5.60 Å². The molecule has 35 heavy (non-hydrogen) atoms. The van der Waals surface area contributed by atoms with E-state index in [1.807, 2.05) is 48.5 Å². The van der Waals surface area contributed by atoms with Gasteiger partial charge in [0.25, 0.3) is 0 Å². The Balaban J connectivity index is 1.47. The van der Waals surface area contributed by atoms with Crippen molar-refractivity contribution in [3.63, 3.8) is 0 Å². The van der Waals surface area contributed by atoms with Crippen molar-refractivity contribution in [1.29, 1.82) is 0 Å². The summed E-state index contributed by atoms with van der Waals surface area (Å²) >= 11 is 0. The molecule has 3 nitrogen and oxygen atoms in total. The lowest BCUT2D eigenvalue weighted by molar-refractivity contribution is -0.0154. The van der Waals surface area contributed by atoms with Gasteiger partial charge in [0.15, 0.2) is 5.78 Å². The molecule has 1 aliphatic heterocycles. The van der Waals surface area contributed by atoms with Crippen LogP contribution in [0.15, 0.2) is 84.9 Å². The molecule has 4 rings (SSSR count). The third-order valence-electron chi connectivity index (χ3n) is 7.51. The van der Waals surface area contributed by atoms with Gasteiger partial charge in [-0.05, 0) is 66.9 Å². The van der Waals surface area contributed by atoms with Gasteiger partial charge in [-0.3, -0.25) is 4.79 Å². The second kappa shape index (κ2) is 10.9. The molecule has 1 heterocycles. The van der Waals surface area contributed by atoms with Gasteiger partial charge in [-0.2, -0.15) is 0 Å². The fourth-order valence-electron chi connectivity index (χ4n) is 5.58. The number of carbonyl (C=O) groups is 1. The van der Waals surface area contributed by atoms with Crippen molar-refractivity contribution >= 4 is 5.78 Å². The van der Waals surface area contributed by atoms with E-state index in [9.17, 15) is 9.90 Å². The highest BCUT2D eigenvalue weighted by atomic mass is 16.3. The van der Waals surface area contributed by atoms with Gasteiger partial charge in [0.1, 0.15) is 5.60 Å². The van der Waals surface area contributed by atoms with Crippen molar-refractivity contribution < 1.29 is 9.90 Å². The number of benzene rings is 3. The van der Waals surface area contributed by atoms with Crippen LogP contribution < -0.4 is 0 Å². The number of Topliss-reactive ketones (excluding diaryl/α,β-unsaturated/α-hetero) is 1. The first-order valence-corrected chi connectivity index (χ1v) is 13.0. The van der Waals surface area contributed by atoms with Crippen LogP contribution in [0.2, 0.25) is 0 Å². The van der Waals surface area contributed by atoms with Crippen LogP contribution in [0.4, 0.5) is 0 Å². The van der Waals surface area contributed by atoms with E-state index >= 15 is 0 Å². The summed E-state index contributed by atoms with van der Waals surface area (Å²) in [5, 5.41) is 12.5. The van der Waals surface area contributed by atoms with Crippen LogP contribution in [-0.4, -0.2) is 35.4 Å². The minimum atomic E-state index is -1.03. The lowest BCUT2D eigenvalue weighted by atomic mass is 9.68. The molecule has 0 aromatic heterocycles. The van der Waals surface area contributed by atoms with Crippen molar-refractivity contribution in [2.24, 2.45) is 5.92 Å². The van der Waals surface area contributed by atoms with Crippen LogP contribution in [0.25, 0.3) is 0 Å². The molecular weight excluding hydrogens is 430 g/mol. The molecule has 0 amide bonds. The standard InChI is InChI=1S/C32H39NO2/c1-31(2,3)28-17-10-11-18-29(28)32(35,26-15-8-5-9-16-26)27-20-23-33(24-21-27)22-12-19-30(34)25-13-6-4-7-14-25/h4-11,13-18,27,35H,12,19-24H2,1-3H3. The van der Waals surface area contributed by atoms with Crippen molar-refractivity contribution in [2.75, 3.05) is 19.6 Å². The van der Waals surface area contributed by atoms with E-state index in [1.165, 1.54) is 5.56 Å². The Hall–Kier alpha value is -2.75. The summed E-state index contributed by atoms with van der Waals surface area (Å²) in [6.07, 6.45) is 3.30. The van der Waals surface area contributed by atoms with Crippen molar-refractivity contribution in [2.45, 2.75) is 57.5 Å². The second-order valence-corrected chi connectivity index (χ2v) is 10.9. The minimum Gasteiger partial charge on any atom is -0.380 e. The monoisotopic (exact) mass is 469 g/mol. The number of rotatable bonds is 8. The quantitative estimate of drug-likeness (QED) is 0.378. The summed E-state index contributed by atoms with van der Waals surface area (Å²) < 4.78 is 0. The molecule has 184 valence electrons. The van der Waals surface area contributed by atoms with Crippen molar-refractivity contribution in [3.8, 4) is 0 Å². The Labute approximate surface area is 210 Å². The van der Waals surface area contributed by atoms with Crippen LogP contribution in [0.1, 0.15) is 73.5 Å². The number of aliphatic hydroxyl groups is 1. The van der Waals surface area contributed by atoms with Crippen LogP contribution in [0.5, 0.6) is 0 Å². The number of carbonyl (C=O) groups excluding carboxylic acids is 1. The molecule has 0 aliphatic carbocycles. The highest BCUT2D eigenvalue weighted by Gasteiger charge is 2.43. The van der Waals surface area contributed by atoms with E-state index in [4.69, 9.17) is 0 Å². The summed E-state index contributed by atoms with van der Waals surface area (Å²) in [6.45, 7) is 9.46. The maximum absolute atomic E-state index is 12.5. The Morgan fingerprint density at radius 1 is 0.829 bits per heavy atom. The number of hydrogen-bond donors (Lipinski definition) is 1. The van der Waals surface area contributed by atoms with Crippen LogP contribution in [0.3, 0.4) is 0 Å². The molecule has 3 aromatic rings. The first-order chi connectivity index (χ1) is 16.8. The Morgan fingerprint density at radius 3 is 1.97 bits per heavy atom. The fraction of sp³-hybridized carbons (Fsp3) is 0.406. The highest BCUT2D eigenvalue weighted by Crippen LogP contribution is 2.45. The molecular formula is C32H39NO2. The maximum Gasteiger partial charge on any atom is 0.162 e. The normalized spacial score (nSPS) is 17.1. The molecule has 3 heteroatoms. The molecule has 1 saturated heterocycles. The third-order valence-corrected chi connectivity index (χ3v) is 7.51. The molecule has 1 unspecified atom stereocenters. The molecule has 0 spiro atoms. The highest BCUT2D eigenvalue weighted by molar-refractivity contribution is 5.95. The zero-order valence-corrected chi connectivity index (χ0v) is 21.4. The summed E-state index contributed by atoms with van der Waals surface area (Å²) in [6, 6.07) is 28.2. The molecule has 1 atom stereocenters. The minimum absolute atomic E-state index is 0.0641. The molecule has 0 saturated carbocycles. The molecule has 3 aromatic carbocycles. The predicted octanol–water partition coefficient (Wildman–Crippen LogP) is 6.60. The van der Waals surface area contributed by atoms with E-state index in [-0.39, 0.29) is 17.1 Å². The fourth-order valence-corrected chi connectivity index (χ4v) is 5.58. The van der Waals surface area contributed by atoms with E-state index in [0.717, 1.165) is 55.6 Å². The molecule has 0 radical (unpaired) electrons. The van der Waals surface area contributed by atoms with Gasteiger partial charge in [-0.15, -0.1) is 0 Å². The zero-order chi connectivity index (χ0) is 24.9. The average molecular weight is 470 g/mol. The summed E-state index contributed by atoms with van der Waals surface area (Å²) in [5.41, 5.74) is 2.92. The summed E-state index contributed by atoms with van der Waals surface area (Å²) in [4.78, 5) is 14.9. The number of hydrogen-bond acceptors (Lipinski definition) is 3.